The minimum Gasteiger partial charge on any atom is -0.491 e. The largest absolute Gasteiger partial charge is 0.491 e. The lowest BCUT2D eigenvalue weighted by molar-refractivity contribution is 0.0658. The molecular formula is C31H33N5O3. The molecule has 0 atom stereocenters. The molecule has 0 saturated heterocycles. The van der Waals surface area contributed by atoms with Crippen LogP contribution in [-0.4, -0.2) is 69.7 Å². The van der Waals surface area contributed by atoms with Crippen molar-refractivity contribution in [2.75, 3.05) is 33.3 Å². The molecule has 4 aromatic rings. The SMILES string of the molecule is CC(C)n1nccc1C(=O)N1CCOc2ccc(-c3cccnc3)cc2Cc2cccc(c2)C(=O)N(C)CC1. The van der Waals surface area contributed by atoms with Crippen molar-refractivity contribution in [1.82, 2.24) is 24.6 Å². The van der Waals surface area contributed by atoms with Crippen LogP contribution in [0, 0.1) is 0 Å². The smallest absolute Gasteiger partial charge is 0.272 e. The second kappa shape index (κ2) is 11.5. The molecule has 8 nitrogen and oxygen atoms in total. The van der Waals surface area contributed by atoms with E-state index in [4.69, 9.17) is 4.74 Å². The van der Waals surface area contributed by atoms with E-state index in [0.29, 0.717) is 43.9 Å². The number of aromatic nitrogens is 3. The number of ether oxygens (including phenoxy) is 1. The molecule has 1 aliphatic rings. The number of hydrogen-bond acceptors (Lipinski definition) is 5. The summed E-state index contributed by atoms with van der Waals surface area (Å²) in [6.07, 6.45) is 5.84. The number of likely N-dealkylation sites (N-methyl/N-ethyl adjacent to an activating group) is 1. The minimum absolute atomic E-state index is 0.0484. The predicted molar refractivity (Wildman–Crippen MR) is 150 cm³/mol. The van der Waals surface area contributed by atoms with E-state index in [9.17, 15) is 9.59 Å². The molecule has 5 rings (SSSR count). The standard InChI is InChI=1S/C31H33N5O3/c1-22(2)36-28(11-13-33-36)31(38)35-15-14-34(3)30(37)25-7-4-6-23(18-25)19-27-20-24(26-8-5-12-32-21-26)9-10-29(27)39-17-16-35/h4-13,18,20-22H,14-17,19H2,1-3H3. The number of amides is 2. The third-order valence-corrected chi connectivity index (χ3v) is 6.96. The molecule has 3 heterocycles. The Morgan fingerprint density at radius 2 is 1.77 bits per heavy atom. The number of benzene rings is 2. The number of fused-ring (bicyclic) bond motifs is 3. The fraction of sp³-hybridized carbons (Fsp3) is 0.290. The van der Waals surface area contributed by atoms with Crippen LogP contribution in [0.3, 0.4) is 0 Å². The maximum absolute atomic E-state index is 13.6. The second-order valence-corrected chi connectivity index (χ2v) is 10.1. The van der Waals surface area contributed by atoms with Crippen LogP contribution in [0.1, 0.15) is 51.9 Å². The van der Waals surface area contributed by atoms with Crippen molar-refractivity contribution in [2.24, 2.45) is 0 Å². The Morgan fingerprint density at radius 1 is 0.923 bits per heavy atom. The Morgan fingerprint density at radius 3 is 2.56 bits per heavy atom. The Balaban J connectivity index is 1.49. The van der Waals surface area contributed by atoms with Crippen LogP contribution in [-0.2, 0) is 6.42 Å². The molecule has 0 aliphatic carbocycles. The zero-order chi connectivity index (χ0) is 27.4. The van der Waals surface area contributed by atoms with E-state index in [1.54, 1.807) is 40.0 Å². The second-order valence-electron chi connectivity index (χ2n) is 10.1. The Bertz CT molecular complexity index is 1460. The number of pyridine rings is 1. The maximum Gasteiger partial charge on any atom is 0.272 e. The Hall–Kier alpha value is -4.46. The quantitative estimate of drug-likeness (QED) is 0.388. The summed E-state index contributed by atoms with van der Waals surface area (Å²) in [5.41, 5.74) is 5.23. The summed E-state index contributed by atoms with van der Waals surface area (Å²) in [5, 5.41) is 4.33. The molecule has 2 amide bonds. The van der Waals surface area contributed by atoms with E-state index < -0.39 is 0 Å². The van der Waals surface area contributed by atoms with Gasteiger partial charge in [0.1, 0.15) is 18.1 Å². The third kappa shape index (κ3) is 5.85. The molecule has 0 radical (unpaired) electrons. The molecule has 0 fully saturated rings. The average Bonchev–Trinajstić information content (AvgIpc) is 3.45. The van der Waals surface area contributed by atoms with Gasteiger partial charge in [-0.25, -0.2) is 0 Å². The summed E-state index contributed by atoms with van der Waals surface area (Å²) in [7, 11) is 1.77. The van der Waals surface area contributed by atoms with Gasteiger partial charge < -0.3 is 14.5 Å². The van der Waals surface area contributed by atoms with Crippen LogP contribution in [0.25, 0.3) is 11.1 Å². The molecule has 39 heavy (non-hydrogen) atoms. The first-order chi connectivity index (χ1) is 18.9. The zero-order valence-electron chi connectivity index (χ0n) is 22.6. The first-order valence-electron chi connectivity index (χ1n) is 13.2. The Kier molecular flexibility index (Phi) is 7.72. The van der Waals surface area contributed by atoms with Crippen molar-refractivity contribution in [3.05, 3.63) is 102 Å². The first kappa shape index (κ1) is 26.2. The topological polar surface area (TPSA) is 80.6 Å². The predicted octanol–water partition coefficient (Wildman–Crippen LogP) is 4.72. The molecule has 2 aromatic carbocycles. The lowest BCUT2D eigenvalue weighted by atomic mass is 9.98. The third-order valence-electron chi connectivity index (χ3n) is 6.96. The van der Waals surface area contributed by atoms with E-state index in [2.05, 4.69) is 16.1 Å². The van der Waals surface area contributed by atoms with Crippen LogP contribution in [0.2, 0.25) is 0 Å². The number of carbonyl (C=O) groups excluding carboxylic acids is 2. The van der Waals surface area contributed by atoms with Crippen LogP contribution in [0.5, 0.6) is 5.75 Å². The van der Waals surface area contributed by atoms with Crippen molar-refractivity contribution >= 4 is 11.8 Å². The molecule has 1 aliphatic heterocycles. The van der Waals surface area contributed by atoms with Gasteiger partial charge in [0.05, 0.1) is 6.54 Å². The monoisotopic (exact) mass is 523 g/mol. The van der Waals surface area contributed by atoms with Crippen molar-refractivity contribution < 1.29 is 14.3 Å². The fourth-order valence-electron chi connectivity index (χ4n) is 4.84. The van der Waals surface area contributed by atoms with Crippen LogP contribution in [0.4, 0.5) is 0 Å². The molecule has 2 bridgehead atoms. The maximum atomic E-state index is 13.6. The van der Waals surface area contributed by atoms with Gasteiger partial charge in [0.15, 0.2) is 0 Å². The van der Waals surface area contributed by atoms with E-state index in [-0.39, 0.29) is 17.9 Å². The Labute approximate surface area is 228 Å². The summed E-state index contributed by atoms with van der Waals surface area (Å²) < 4.78 is 8.03. The number of hydrogen-bond donors (Lipinski definition) is 0. The highest BCUT2D eigenvalue weighted by Gasteiger charge is 2.23. The highest BCUT2D eigenvalue weighted by atomic mass is 16.5. The summed E-state index contributed by atoms with van der Waals surface area (Å²) in [5.74, 6) is 0.550. The van der Waals surface area contributed by atoms with Gasteiger partial charge in [-0.2, -0.15) is 5.10 Å². The molecule has 2 aromatic heterocycles. The highest BCUT2D eigenvalue weighted by Crippen LogP contribution is 2.29. The van der Waals surface area contributed by atoms with E-state index >= 15 is 0 Å². The van der Waals surface area contributed by atoms with E-state index in [1.807, 2.05) is 68.6 Å². The number of rotatable bonds is 3. The van der Waals surface area contributed by atoms with Gasteiger partial charge in [0, 0.05) is 62.3 Å². The van der Waals surface area contributed by atoms with Crippen molar-refractivity contribution in [3.8, 4) is 16.9 Å². The van der Waals surface area contributed by atoms with Gasteiger partial charge in [-0.05, 0) is 66.9 Å². The van der Waals surface area contributed by atoms with Crippen LogP contribution < -0.4 is 4.74 Å². The molecule has 0 unspecified atom stereocenters. The summed E-state index contributed by atoms with van der Waals surface area (Å²) in [6, 6.07) is 19.6. The van der Waals surface area contributed by atoms with Gasteiger partial charge in [-0.15, -0.1) is 0 Å². The number of nitrogens with zero attached hydrogens (tertiary/aromatic N) is 5. The molecule has 0 spiro atoms. The first-order valence-corrected chi connectivity index (χ1v) is 13.2. The van der Waals surface area contributed by atoms with Crippen molar-refractivity contribution in [1.29, 1.82) is 0 Å². The van der Waals surface area contributed by atoms with Crippen LogP contribution in [0.15, 0.2) is 79.3 Å². The summed E-state index contributed by atoms with van der Waals surface area (Å²) >= 11 is 0. The van der Waals surface area contributed by atoms with Gasteiger partial charge in [0.2, 0.25) is 0 Å². The van der Waals surface area contributed by atoms with Crippen molar-refractivity contribution in [3.63, 3.8) is 0 Å². The molecule has 200 valence electrons. The van der Waals surface area contributed by atoms with Crippen molar-refractivity contribution in [2.45, 2.75) is 26.3 Å². The molecule has 0 saturated carbocycles. The van der Waals surface area contributed by atoms with E-state index in [1.165, 1.54) is 0 Å². The van der Waals surface area contributed by atoms with Crippen LogP contribution >= 0.6 is 0 Å². The lowest BCUT2D eigenvalue weighted by Crippen LogP contribution is -2.42. The average molecular weight is 524 g/mol. The zero-order valence-corrected chi connectivity index (χ0v) is 22.6. The molecule has 8 heteroatoms. The van der Waals surface area contributed by atoms with Gasteiger partial charge in [-0.3, -0.25) is 19.3 Å². The normalized spacial score (nSPS) is 14.5. The number of carbonyl (C=O) groups is 2. The minimum atomic E-state index is -0.133. The van der Waals surface area contributed by atoms with Gasteiger partial charge in [0.25, 0.3) is 11.8 Å². The fourth-order valence-corrected chi connectivity index (χ4v) is 4.84. The van der Waals surface area contributed by atoms with Gasteiger partial charge in [-0.1, -0.05) is 24.3 Å². The molecule has 0 N–H and O–H groups in total. The lowest BCUT2D eigenvalue weighted by Gasteiger charge is -2.27. The molecular weight excluding hydrogens is 490 g/mol. The highest BCUT2D eigenvalue weighted by molar-refractivity contribution is 5.94. The van der Waals surface area contributed by atoms with E-state index in [0.717, 1.165) is 28.0 Å². The van der Waals surface area contributed by atoms with Gasteiger partial charge >= 0.3 is 0 Å². The summed E-state index contributed by atoms with van der Waals surface area (Å²) in [6.45, 7) is 5.45. The summed E-state index contributed by atoms with van der Waals surface area (Å²) in [4.78, 5) is 34.6.